The molecule has 0 aromatic carbocycles. The molecule has 0 spiro atoms. The number of pyridine rings is 1. The lowest BCUT2D eigenvalue weighted by Crippen LogP contribution is -2.31. The summed E-state index contributed by atoms with van der Waals surface area (Å²) in [6.45, 7) is 4.10. The lowest BCUT2D eigenvalue weighted by Gasteiger charge is -2.14. The molecule has 0 unspecified atom stereocenters. The maximum absolute atomic E-state index is 12.3. The number of amides is 1. The molecule has 0 aliphatic heterocycles. The molecule has 1 atom stereocenters. The fraction of sp³-hybridized carbons (Fsp3) is 0.267. The number of nitrogens with zero attached hydrogens (tertiary/aromatic N) is 6. The summed E-state index contributed by atoms with van der Waals surface area (Å²) in [6.07, 6.45) is 8.27. The molecule has 118 valence electrons. The van der Waals surface area contributed by atoms with Crippen LogP contribution in [0.2, 0.25) is 0 Å². The fourth-order valence-electron chi connectivity index (χ4n) is 2.19. The van der Waals surface area contributed by atoms with E-state index in [1.807, 2.05) is 32.2 Å². The van der Waals surface area contributed by atoms with Gasteiger partial charge in [0.2, 0.25) is 5.91 Å². The molecule has 8 heteroatoms. The van der Waals surface area contributed by atoms with E-state index in [1.165, 1.54) is 6.33 Å². The van der Waals surface area contributed by atoms with E-state index in [1.54, 1.807) is 28.1 Å². The summed E-state index contributed by atoms with van der Waals surface area (Å²) < 4.78 is 3.22. The van der Waals surface area contributed by atoms with Crippen LogP contribution < -0.4 is 5.32 Å². The molecule has 3 rings (SSSR count). The van der Waals surface area contributed by atoms with E-state index in [0.717, 1.165) is 11.1 Å². The zero-order valence-electron chi connectivity index (χ0n) is 12.9. The zero-order chi connectivity index (χ0) is 16.2. The van der Waals surface area contributed by atoms with E-state index in [4.69, 9.17) is 0 Å². The lowest BCUT2D eigenvalue weighted by molar-refractivity contribution is -0.124. The van der Waals surface area contributed by atoms with Crippen LogP contribution in [0.1, 0.15) is 24.1 Å². The Labute approximate surface area is 133 Å². The molecule has 1 N–H and O–H groups in total. The van der Waals surface area contributed by atoms with Crippen molar-refractivity contribution in [3.05, 3.63) is 54.5 Å². The third-order valence-corrected chi connectivity index (χ3v) is 3.46. The molecule has 0 radical (unpaired) electrons. The topological polar surface area (TPSA) is 90.5 Å². The van der Waals surface area contributed by atoms with Gasteiger partial charge < -0.3 is 5.32 Å². The highest BCUT2D eigenvalue weighted by atomic mass is 16.2. The van der Waals surface area contributed by atoms with Crippen LogP contribution in [-0.4, -0.2) is 35.4 Å². The third-order valence-electron chi connectivity index (χ3n) is 3.46. The average Bonchev–Trinajstić information content (AvgIpc) is 3.23. The Hall–Kier alpha value is -3.03. The number of hydrogen-bond acceptors (Lipinski definition) is 5. The molecule has 0 bridgehead atoms. The van der Waals surface area contributed by atoms with Crippen molar-refractivity contribution in [3.63, 3.8) is 0 Å². The predicted octanol–water partition coefficient (Wildman–Crippen LogP) is 1.04. The van der Waals surface area contributed by atoms with E-state index in [-0.39, 0.29) is 11.9 Å². The summed E-state index contributed by atoms with van der Waals surface area (Å²) in [7, 11) is 0. The Morgan fingerprint density at radius 3 is 2.96 bits per heavy atom. The van der Waals surface area contributed by atoms with Gasteiger partial charge in [-0.1, -0.05) is 6.07 Å². The predicted molar refractivity (Wildman–Crippen MR) is 82.7 cm³/mol. The first-order valence-electron chi connectivity index (χ1n) is 7.22. The number of hydrogen-bond donors (Lipinski definition) is 1. The molecule has 3 heterocycles. The minimum absolute atomic E-state index is 0.110. The van der Waals surface area contributed by atoms with E-state index >= 15 is 0 Å². The first kappa shape index (κ1) is 14.9. The number of carbonyl (C=O) groups is 1. The standard InChI is InChI=1S/C15H17N7O/c1-11-6-19-21(8-11)12(2)15(23)18-7-13-4-3-5-17-14(13)22-10-16-9-20-22/h3-6,8-10,12H,7H2,1-2H3,(H,18,23)/t12-/m1/s1. The van der Waals surface area contributed by atoms with E-state index < -0.39 is 0 Å². The molecule has 8 nitrogen and oxygen atoms in total. The van der Waals surface area contributed by atoms with Crippen molar-refractivity contribution in [2.75, 3.05) is 0 Å². The van der Waals surface area contributed by atoms with Gasteiger partial charge in [-0.25, -0.2) is 14.6 Å². The largest absolute Gasteiger partial charge is 0.350 e. The minimum Gasteiger partial charge on any atom is -0.350 e. The van der Waals surface area contributed by atoms with Crippen LogP contribution in [0.4, 0.5) is 0 Å². The number of carbonyl (C=O) groups excluding carboxylic acids is 1. The molecule has 0 aliphatic carbocycles. The SMILES string of the molecule is Cc1cnn([C@H](C)C(=O)NCc2cccnc2-n2cncn2)c1. The van der Waals surface area contributed by atoms with Gasteiger partial charge in [-0.05, 0) is 25.5 Å². The monoisotopic (exact) mass is 311 g/mol. The maximum Gasteiger partial charge on any atom is 0.244 e. The van der Waals surface area contributed by atoms with Crippen molar-refractivity contribution in [3.8, 4) is 5.82 Å². The molecule has 0 saturated heterocycles. The van der Waals surface area contributed by atoms with Gasteiger partial charge in [0, 0.05) is 24.5 Å². The van der Waals surface area contributed by atoms with Crippen molar-refractivity contribution < 1.29 is 4.79 Å². The average molecular weight is 311 g/mol. The van der Waals surface area contributed by atoms with Crippen molar-refractivity contribution >= 4 is 5.91 Å². The molecule has 0 saturated carbocycles. The molecular formula is C15H17N7O. The Bertz CT molecular complexity index is 794. The molecule has 3 aromatic rings. The van der Waals surface area contributed by atoms with Gasteiger partial charge in [0.1, 0.15) is 18.7 Å². The Morgan fingerprint density at radius 1 is 1.39 bits per heavy atom. The summed E-state index contributed by atoms with van der Waals surface area (Å²) >= 11 is 0. The molecule has 3 aromatic heterocycles. The first-order valence-corrected chi connectivity index (χ1v) is 7.22. The lowest BCUT2D eigenvalue weighted by atomic mass is 10.2. The Kier molecular flexibility index (Phi) is 4.13. The summed E-state index contributed by atoms with van der Waals surface area (Å²) in [5, 5.41) is 11.2. The summed E-state index contributed by atoms with van der Waals surface area (Å²) in [6, 6.07) is 3.34. The van der Waals surface area contributed by atoms with Crippen LogP contribution in [0.5, 0.6) is 0 Å². The van der Waals surface area contributed by atoms with Crippen LogP contribution >= 0.6 is 0 Å². The summed E-state index contributed by atoms with van der Waals surface area (Å²) in [5.41, 5.74) is 1.88. The van der Waals surface area contributed by atoms with Crippen molar-refractivity contribution in [2.24, 2.45) is 0 Å². The summed E-state index contributed by atoms with van der Waals surface area (Å²) in [4.78, 5) is 20.5. The number of nitrogens with one attached hydrogen (secondary N) is 1. The van der Waals surface area contributed by atoms with Gasteiger partial charge in [-0.3, -0.25) is 9.48 Å². The van der Waals surface area contributed by atoms with Crippen molar-refractivity contribution in [1.82, 2.24) is 34.8 Å². The van der Waals surface area contributed by atoms with E-state index in [0.29, 0.717) is 12.4 Å². The van der Waals surface area contributed by atoms with Gasteiger partial charge in [-0.15, -0.1) is 0 Å². The highest BCUT2D eigenvalue weighted by Crippen LogP contribution is 2.11. The smallest absolute Gasteiger partial charge is 0.244 e. The normalized spacial score (nSPS) is 12.1. The molecule has 23 heavy (non-hydrogen) atoms. The number of aryl methyl sites for hydroxylation is 1. The van der Waals surface area contributed by atoms with Gasteiger partial charge >= 0.3 is 0 Å². The second-order valence-corrected chi connectivity index (χ2v) is 5.22. The van der Waals surface area contributed by atoms with E-state index in [9.17, 15) is 4.79 Å². The maximum atomic E-state index is 12.3. The second-order valence-electron chi connectivity index (χ2n) is 5.22. The third kappa shape index (κ3) is 3.25. The number of aromatic nitrogens is 6. The van der Waals surface area contributed by atoms with Crippen LogP contribution in [0.25, 0.3) is 5.82 Å². The second kappa shape index (κ2) is 6.39. The van der Waals surface area contributed by atoms with Crippen LogP contribution in [0.3, 0.4) is 0 Å². The molecule has 0 aliphatic rings. The Balaban J connectivity index is 1.70. The van der Waals surface area contributed by atoms with Gasteiger partial charge in [0.05, 0.1) is 6.20 Å². The van der Waals surface area contributed by atoms with Crippen molar-refractivity contribution in [1.29, 1.82) is 0 Å². The number of rotatable bonds is 5. The molecular weight excluding hydrogens is 294 g/mol. The molecule has 1 amide bonds. The highest BCUT2D eigenvalue weighted by molar-refractivity contribution is 5.79. The first-order chi connectivity index (χ1) is 11.1. The van der Waals surface area contributed by atoms with E-state index in [2.05, 4.69) is 25.5 Å². The quantitative estimate of drug-likeness (QED) is 0.760. The minimum atomic E-state index is -0.379. The van der Waals surface area contributed by atoms with Crippen molar-refractivity contribution in [2.45, 2.75) is 26.4 Å². The van der Waals surface area contributed by atoms with Crippen LogP contribution in [0.15, 0.2) is 43.4 Å². The molecule has 0 fully saturated rings. The fourth-order valence-corrected chi connectivity index (χ4v) is 2.19. The van der Waals surface area contributed by atoms with Crippen LogP contribution in [0, 0.1) is 6.92 Å². The highest BCUT2D eigenvalue weighted by Gasteiger charge is 2.16. The summed E-state index contributed by atoms with van der Waals surface area (Å²) in [5.74, 6) is 0.536. The van der Waals surface area contributed by atoms with Crippen LogP contribution in [-0.2, 0) is 11.3 Å². The zero-order valence-corrected chi connectivity index (χ0v) is 12.9. The van der Waals surface area contributed by atoms with Gasteiger partial charge in [0.25, 0.3) is 0 Å². The van der Waals surface area contributed by atoms with Gasteiger partial charge in [0.15, 0.2) is 5.82 Å². The Morgan fingerprint density at radius 2 is 2.26 bits per heavy atom. The van der Waals surface area contributed by atoms with Gasteiger partial charge in [-0.2, -0.15) is 10.2 Å².